The van der Waals surface area contributed by atoms with Gasteiger partial charge >= 0.3 is 0 Å². The number of hydrogen-bond donors (Lipinski definition) is 1. The molecule has 0 unspecified atom stereocenters. The SMILES string of the molecule is C=C(CC)CN1CCCc2cc(N)ccc21. The van der Waals surface area contributed by atoms with Crippen LogP contribution in [0.15, 0.2) is 30.4 Å². The van der Waals surface area contributed by atoms with Crippen LogP contribution in [0.3, 0.4) is 0 Å². The molecule has 1 aliphatic heterocycles. The van der Waals surface area contributed by atoms with Crippen molar-refractivity contribution in [3.05, 3.63) is 35.9 Å². The van der Waals surface area contributed by atoms with Crippen LogP contribution in [0, 0.1) is 0 Å². The van der Waals surface area contributed by atoms with E-state index in [0.717, 1.165) is 31.6 Å². The zero-order chi connectivity index (χ0) is 11.5. The van der Waals surface area contributed by atoms with Gasteiger partial charge in [-0.15, -0.1) is 0 Å². The van der Waals surface area contributed by atoms with Crippen LogP contribution >= 0.6 is 0 Å². The van der Waals surface area contributed by atoms with E-state index in [1.165, 1.54) is 23.2 Å². The minimum Gasteiger partial charge on any atom is -0.399 e. The van der Waals surface area contributed by atoms with Crippen LogP contribution in [-0.4, -0.2) is 13.1 Å². The Hall–Kier alpha value is -1.44. The standard InChI is InChI=1S/C14H20N2/c1-3-11(2)10-16-8-4-5-12-9-13(15)6-7-14(12)16/h6-7,9H,2-5,8,10,15H2,1H3. The maximum absolute atomic E-state index is 5.82. The second-order valence-corrected chi connectivity index (χ2v) is 4.52. The molecule has 0 fully saturated rings. The van der Waals surface area contributed by atoms with Gasteiger partial charge in [0.1, 0.15) is 0 Å². The van der Waals surface area contributed by atoms with Crippen LogP contribution in [0.5, 0.6) is 0 Å². The third-order valence-electron chi connectivity index (χ3n) is 3.23. The van der Waals surface area contributed by atoms with Crippen LogP contribution in [0.25, 0.3) is 0 Å². The van der Waals surface area contributed by atoms with Crippen LogP contribution < -0.4 is 10.6 Å². The molecule has 1 heterocycles. The van der Waals surface area contributed by atoms with E-state index < -0.39 is 0 Å². The maximum Gasteiger partial charge on any atom is 0.0403 e. The summed E-state index contributed by atoms with van der Waals surface area (Å²) in [6, 6.07) is 6.24. The number of fused-ring (bicyclic) bond motifs is 1. The van der Waals surface area contributed by atoms with E-state index in [2.05, 4.69) is 30.5 Å². The zero-order valence-corrected chi connectivity index (χ0v) is 10.00. The Morgan fingerprint density at radius 1 is 1.50 bits per heavy atom. The summed E-state index contributed by atoms with van der Waals surface area (Å²) in [5, 5.41) is 0. The molecule has 0 saturated carbocycles. The molecule has 0 bridgehead atoms. The molecule has 1 aromatic carbocycles. The summed E-state index contributed by atoms with van der Waals surface area (Å²) < 4.78 is 0. The summed E-state index contributed by atoms with van der Waals surface area (Å²) in [5.74, 6) is 0. The molecule has 86 valence electrons. The first-order valence-corrected chi connectivity index (χ1v) is 6.00. The van der Waals surface area contributed by atoms with Gasteiger partial charge in [-0.3, -0.25) is 0 Å². The molecule has 0 aliphatic carbocycles. The van der Waals surface area contributed by atoms with Crippen molar-refractivity contribution in [3.63, 3.8) is 0 Å². The molecule has 0 spiro atoms. The normalized spacial score (nSPS) is 14.7. The number of nitrogens with two attached hydrogens (primary N) is 1. The summed E-state index contributed by atoms with van der Waals surface area (Å²) in [4.78, 5) is 2.42. The predicted octanol–water partition coefficient (Wildman–Crippen LogP) is 2.99. The Labute approximate surface area is 97.8 Å². The lowest BCUT2D eigenvalue weighted by Gasteiger charge is -2.32. The van der Waals surface area contributed by atoms with Crippen molar-refractivity contribution in [1.29, 1.82) is 0 Å². The highest BCUT2D eigenvalue weighted by Crippen LogP contribution is 2.29. The molecule has 0 aromatic heterocycles. The minimum atomic E-state index is 0.870. The van der Waals surface area contributed by atoms with Gasteiger partial charge in [-0.05, 0) is 43.0 Å². The Morgan fingerprint density at radius 3 is 3.06 bits per heavy atom. The summed E-state index contributed by atoms with van der Waals surface area (Å²) in [6.07, 6.45) is 3.42. The average molecular weight is 216 g/mol. The smallest absolute Gasteiger partial charge is 0.0403 e. The minimum absolute atomic E-state index is 0.870. The number of nitrogen functional groups attached to an aromatic ring is 1. The second kappa shape index (κ2) is 4.60. The predicted molar refractivity (Wildman–Crippen MR) is 70.8 cm³/mol. The molecular formula is C14H20N2. The lowest BCUT2D eigenvalue weighted by molar-refractivity contribution is 0.709. The first kappa shape index (κ1) is 11.1. The number of nitrogens with zero attached hydrogens (tertiary/aromatic N) is 1. The Kier molecular flexibility index (Phi) is 3.18. The molecule has 0 saturated heterocycles. The molecule has 16 heavy (non-hydrogen) atoms. The Bertz CT molecular complexity index is 396. The fourth-order valence-electron chi connectivity index (χ4n) is 2.24. The summed E-state index contributed by atoms with van der Waals surface area (Å²) >= 11 is 0. The lowest BCUT2D eigenvalue weighted by atomic mass is 10.0. The van der Waals surface area contributed by atoms with Crippen molar-refractivity contribution in [2.24, 2.45) is 0 Å². The van der Waals surface area contributed by atoms with Crippen LogP contribution in [0.1, 0.15) is 25.3 Å². The third kappa shape index (κ3) is 2.21. The molecule has 1 aromatic rings. The number of benzene rings is 1. The number of hydrogen-bond acceptors (Lipinski definition) is 2. The average Bonchev–Trinajstić information content (AvgIpc) is 2.28. The monoisotopic (exact) mass is 216 g/mol. The molecule has 1 aliphatic rings. The largest absolute Gasteiger partial charge is 0.399 e. The van der Waals surface area contributed by atoms with Crippen molar-refractivity contribution in [2.75, 3.05) is 23.7 Å². The van der Waals surface area contributed by atoms with Gasteiger partial charge < -0.3 is 10.6 Å². The van der Waals surface area contributed by atoms with Gasteiger partial charge in [-0.1, -0.05) is 19.1 Å². The first-order valence-electron chi connectivity index (χ1n) is 6.00. The Morgan fingerprint density at radius 2 is 2.31 bits per heavy atom. The van der Waals surface area contributed by atoms with Gasteiger partial charge in [0.25, 0.3) is 0 Å². The number of rotatable bonds is 3. The number of anilines is 2. The zero-order valence-electron chi connectivity index (χ0n) is 10.00. The van der Waals surface area contributed by atoms with E-state index in [9.17, 15) is 0 Å². The highest BCUT2D eigenvalue weighted by molar-refractivity contribution is 5.61. The molecule has 2 heteroatoms. The summed E-state index contributed by atoms with van der Waals surface area (Å²) in [5.41, 5.74) is 10.7. The molecule has 2 N–H and O–H groups in total. The molecule has 0 amide bonds. The highest BCUT2D eigenvalue weighted by atomic mass is 15.1. The fourth-order valence-corrected chi connectivity index (χ4v) is 2.24. The third-order valence-corrected chi connectivity index (χ3v) is 3.23. The van der Waals surface area contributed by atoms with Crippen molar-refractivity contribution in [3.8, 4) is 0 Å². The topological polar surface area (TPSA) is 29.3 Å². The molecule has 0 atom stereocenters. The fraction of sp³-hybridized carbons (Fsp3) is 0.429. The van der Waals surface area contributed by atoms with Gasteiger partial charge in [0.15, 0.2) is 0 Å². The van der Waals surface area contributed by atoms with E-state index in [4.69, 9.17) is 5.73 Å². The molecule has 2 rings (SSSR count). The van der Waals surface area contributed by atoms with Crippen molar-refractivity contribution in [2.45, 2.75) is 26.2 Å². The Balaban J connectivity index is 2.23. The van der Waals surface area contributed by atoms with E-state index in [1.54, 1.807) is 0 Å². The van der Waals surface area contributed by atoms with Crippen molar-refractivity contribution in [1.82, 2.24) is 0 Å². The summed E-state index contributed by atoms with van der Waals surface area (Å²) in [6.45, 7) is 8.37. The quantitative estimate of drug-likeness (QED) is 0.621. The molecular weight excluding hydrogens is 196 g/mol. The van der Waals surface area contributed by atoms with Crippen LogP contribution in [0.2, 0.25) is 0 Å². The van der Waals surface area contributed by atoms with Crippen molar-refractivity contribution < 1.29 is 0 Å². The van der Waals surface area contributed by atoms with Crippen molar-refractivity contribution >= 4 is 11.4 Å². The van der Waals surface area contributed by atoms with Gasteiger partial charge in [-0.25, -0.2) is 0 Å². The molecule has 0 radical (unpaired) electrons. The highest BCUT2D eigenvalue weighted by Gasteiger charge is 2.16. The van der Waals surface area contributed by atoms with Gasteiger partial charge in [0, 0.05) is 24.5 Å². The van der Waals surface area contributed by atoms with Crippen LogP contribution in [0.4, 0.5) is 11.4 Å². The molecule has 2 nitrogen and oxygen atoms in total. The maximum atomic E-state index is 5.82. The van der Waals surface area contributed by atoms with E-state index in [-0.39, 0.29) is 0 Å². The lowest BCUT2D eigenvalue weighted by Crippen LogP contribution is -2.31. The number of aryl methyl sites for hydroxylation is 1. The van der Waals surface area contributed by atoms with Gasteiger partial charge in [0.2, 0.25) is 0 Å². The van der Waals surface area contributed by atoms with E-state index in [0.29, 0.717) is 0 Å². The van der Waals surface area contributed by atoms with Crippen LogP contribution in [-0.2, 0) is 6.42 Å². The van der Waals surface area contributed by atoms with Gasteiger partial charge in [0.05, 0.1) is 0 Å². The first-order chi connectivity index (χ1) is 7.70. The summed E-state index contributed by atoms with van der Waals surface area (Å²) in [7, 11) is 0. The van der Waals surface area contributed by atoms with Gasteiger partial charge in [-0.2, -0.15) is 0 Å². The van der Waals surface area contributed by atoms with E-state index in [1.807, 2.05) is 6.07 Å². The van der Waals surface area contributed by atoms with E-state index >= 15 is 0 Å². The second-order valence-electron chi connectivity index (χ2n) is 4.52.